The van der Waals surface area contributed by atoms with Crippen LogP contribution in [0, 0.1) is 0 Å². The summed E-state index contributed by atoms with van der Waals surface area (Å²) in [7, 11) is 0. The molecule has 1 fully saturated rings. The third-order valence-corrected chi connectivity index (χ3v) is 5.92. The first-order valence-electron chi connectivity index (χ1n) is 9.91. The first-order valence-corrected chi connectivity index (χ1v) is 9.91. The Balaban J connectivity index is 1.72. The van der Waals surface area contributed by atoms with Crippen LogP contribution < -0.4 is 0 Å². The minimum atomic E-state index is 0.303. The number of carbonyl (C=O) groups excluding carboxylic acids is 1. The van der Waals surface area contributed by atoms with E-state index in [-0.39, 0.29) is 0 Å². The Kier molecular flexibility index (Phi) is 4.05. The Morgan fingerprint density at radius 2 is 1.67 bits per heavy atom. The minimum absolute atomic E-state index is 0.303. The molecule has 5 rings (SSSR count). The molecular formula is C25H23NO. The van der Waals surface area contributed by atoms with Gasteiger partial charge >= 0.3 is 0 Å². The summed E-state index contributed by atoms with van der Waals surface area (Å²) in [6.07, 6.45) is 4.66. The van der Waals surface area contributed by atoms with Crippen molar-refractivity contribution in [3.05, 3.63) is 72.3 Å². The van der Waals surface area contributed by atoms with Crippen LogP contribution in [0.15, 0.2) is 66.7 Å². The maximum atomic E-state index is 12.3. The van der Waals surface area contributed by atoms with Crippen LogP contribution in [-0.2, 0) is 4.79 Å². The van der Waals surface area contributed by atoms with Crippen LogP contribution in [0.1, 0.15) is 43.6 Å². The standard InChI is InChI=1S/C25H23NO/c27-21-10-4-3-9-19(16-21)24-22-11-5-6-12-23(22)26-25(24)20-14-13-17-7-1-2-8-18(17)15-20/h1-2,5-8,11-15,19,26H,3-4,9-10,16H2. The third-order valence-electron chi connectivity index (χ3n) is 5.92. The largest absolute Gasteiger partial charge is 0.354 e. The molecule has 0 amide bonds. The van der Waals surface area contributed by atoms with Crippen molar-refractivity contribution in [1.29, 1.82) is 0 Å². The molecule has 1 aromatic heterocycles. The number of Topliss-reactive ketones (excluding diaryl/α,β-unsaturated/α-hetero) is 1. The summed E-state index contributed by atoms with van der Waals surface area (Å²) >= 11 is 0. The van der Waals surface area contributed by atoms with Gasteiger partial charge in [-0.25, -0.2) is 0 Å². The molecule has 0 spiro atoms. The van der Waals surface area contributed by atoms with Crippen molar-refractivity contribution in [3.8, 4) is 11.3 Å². The number of nitrogens with one attached hydrogen (secondary N) is 1. The Bertz CT molecular complexity index is 1140. The van der Waals surface area contributed by atoms with E-state index in [2.05, 4.69) is 71.7 Å². The van der Waals surface area contributed by atoms with E-state index in [1.807, 2.05) is 0 Å². The van der Waals surface area contributed by atoms with E-state index in [1.54, 1.807) is 0 Å². The van der Waals surface area contributed by atoms with Crippen molar-refractivity contribution in [1.82, 2.24) is 4.98 Å². The fraction of sp³-hybridized carbons (Fsp3) is 0.240. The van der Waals surface area contributed by atoms with Crippen LogP contribution in [0.2, 0.25) is 0 Å². The topological polar surface area (TPSA) is 32.9 Å². The molecule has 0 radical (unpaired) electrons. The van der Waals surface area contributed by atoms with Gasteiger partial charge in [0.1, 0.15) is 5.78 Å². The van der Waals surface area contributed by atoms with E-state index in [9.17, 15) is 4.79 Å². The van der Waals surface area contributed by atoms with Gasteiger partial charge in [-0.05, 0) is 52.8 Å². The molecule has 1 aliphatic rings. The second-order valence-corrected chi connectivity index (χ2v) is 7.71. The van der Waals surface area contributed by atoms with Crippen molar-refractivity contribution in [2.45, 2.75) is 38.0 Å². The predicted octanol–water partition coefficient (Wildman–Crippen LogP) is 6.60. The number of benzene rings is 3. The summed E-state index contributed by atoms with van der Waals surface area (Å²) in [4.78, 5) is 16.0. The smallest absolute Gasteiger partial charge is 0.133 e. The van der Waals surface area contributed by atoms with E-state index < -0.39 is 0 Å². The summed E-state index contributed by atoms with van der Waals surface area (Å²) in [6, 6.07) is 23.6. The third kappa shape index (κ3) is 2.95. The molecule has 1 aliphatic carbocycles. The lowest BCUT2D eigenvalue weighted by molar-refractivity contribution is -0.119. The van der Waals surface area contributed by atoms with Crippen molar-refractivity contribution in [2.75, 3.05) is 0 Å². The zero-order valence-electron chi connectivity index (χ0n) is 15.4. The summed E-state index contributed by atoms with van der Waals surface area (Å²) in [5.41, 5.74) is 4.88. The first kappa shape index (κ1) is 16.3. The van der Waals surface area contributed by atoms with Crippen LogP contribution in [-0.4, -0.2) is 10.8 Å². The monoisotopic (exact) mass is 353 g/mol. The zero-order chi connectivity index (χ0) is 18.2. The fourth-order valence-electron chi connectivity index (χ4n) is 4.60. The van der Waals surface area contributed by atoms with Crippen LogP contribution in [0.3, 0.4) is 0 Å². The first-order chi connectivity index (χ1) is 13.3. The Labute approximate surface area is 159 Å². The number of hydrogen-bond donors (Lipinski definition) is 1. The van der Waals surface area contributed by atoms with Gasteiger partial charge in [-0.2, -0.15) is 0 Å². The predicted molar refractivity (Wildman–Crippen MR) is 112 cm³/mol. The Morgan fingerprint density at radius 3 is 2.59 bits per heavy atom. The number of rotatable bonds is 2. The lowest BCUT2D eigenvalue weighted by Crippen LogP contribution is -2.04. The van der Waals surface area contributed by atoms with Crippen LogP contribution >= 0.6 is 0 Å². The normalized spacial score (nSPS) is 18.1. The molecule has 1 saturated carbocycles. The average molecular weight is 353 g/mol. The number of fused-ring (bicyclic) bond motifs is 2. The zero-order valence-corrected chi connectivity index (χ0v) is 15.4. The Hall–Kier alpha value is -2.87. The van der Waals surface area contributed by atoms with Crippen molar-refractivity contribution < 1.29 is 4.79 Å². The number of carbonyl (C=O) groups is 1. The number of H-pyrrole nitrogens is 1. The number of ketones is 1. The van der Waals surface area contributed by atoms with Gasteiger partial charge in [-0.15, -0.1) is 0 Å². The summed E-state index contributed by atoms with van der Waals surface area (Å²) in [5, 5.41) is 3.76. The summed E-state index contributed by atoms with van der Waals surface area (Å²) in [6.45, 7) is 0. The van der Waals surface area contributed by atoms with Gasteiger partial charge < -0.3 is 4.98 Å². The van der Waals surface area contributed by atoms with Gasteiger partial charge in [0.2, 0.25) is 0 Å². The Morgan fingerprint density at radius 1 is 0.852 bits per heavy atom. The van der Waals surface area contributed by atoms with E-state index in [0.29, 0.717) is 18.1 Å². The molecule has 2 heteroatoms. The molecule has 3 aromatic carbocycles. The molecule has 2 nitrogen and oxygen atoms in total. The quantitative estimate of drug-likeness (QED) is 0.404. The highest BCUT2D eigenvalue weighted by Crippen LogP contribution is 2.41. The molecule has 0 aliphatic heterocycles. The van der Waals surface area contributed by atoms with Gasteiger partial charge in [0.25, 0.3) is 0 Å². The van der Waals surface area contributed by atoms with E-state index >= 15 is 0 Å². The fourth-order valence-corrected chi connectivity index (χ4v) is 4.60. The molecule has 1 heterocycles. The average Bonchev–Trinajstić information content (AvgIpc) is 2.96. The second kappa shape index (κ2) is 6.70. The van der Waals surface area contributed by atoms with Crippen LogP contribution in [0.4, 0.5) is 0 Å². The van der Waals surface area contributed by atoms with Gasteiger partial charge in [0.05, 0.1) is 5.69 Å². The lowest BCUT2D eigenvalue weighted by Gasteiger charge is -2.16. The number of aromatic amines is 1. The maximum Gasteiger partial charge on any atom is 0.133 e. The van der Waals surface area contributed by atoms with Crippen molar-refractivity contribution in [2.24, 2.45) is 0 Å². The number of para-hydroxylation sites is 1. The number of hydrogen-bond acceptors (Lipinski definition) is 1. The molecule has 1 atom stereocenters. The highest BCUT2D eigenvalue weighted by Gasteiger charge is 2.25. The van der Waals surface area contributed by atoms with E-state index in [0.717, 1.165) is 31.2 Å². The molecule has 134 valence electrons. The second-order valence-electron chi connectivity index (χ2n) is 7.71. The van der Waals surface area contributed by atoms with Crippen LogP contribution in [0.5, 0.6) is 0 Å². The van der Waals surface area contributed by atoms with Crippen LogP contribution in [0.25, 0.3) is 32.9 Å². The van der Waals surface area contributed by atoms with Gasteiger partial charge in [0.15, 0.2) is 0 Å². The molecule has 0 saturated heterocycles. The molecule has 1 N–H and O–H groups in total. The summed E-state index contributed by atoms with van der Waals surface area (Å²) < 4.78 is 0. The van der Waals surface area contributed by atoms with Gasteiger partial charge in [-0.3, -0.25) is 4.79 Å². The molecule has 0 bridgehead atoms. The van der Waals surface area contributed by atoms with Gasteiger partial charge in [0, 0.05) is 23.7 Å². The highest BCUT2D eigenvalue weighted by atomic mass is 16.1. The molecular weight excluding hydrogens is 330 g/mol. The van der Waals surface area contributed by atoms with E-state index in [4.69, 9.17) is 0 Å². The summed E-state index contributed by atoms with van der Waals surface area (Å²) in [5.74, 6) is 0.713. The van der Waals surface area contributed by atoms with Crippen molar-refractivity contribution >= 4 is 27.5 Å². The van der Waals surface area contributed by atoms with E-state index in [1.165, 1.54) is 33.0 Å². The molecule has 1 unspecified atom stereocenters. The van der Waals surface area contributed by atoms with Gasteiger partial charge in [-0.1, -0.05) is 61.0 Å². The highest BCUT2D eigenvalue weighted by molar-refractivity contribution is 5.95. The SMILES string of the molecule is O=C1CCCCC(c2c(-c3ccc4ccccc4c3)[nH]c3ccccc23)C1. The maximum absolute atomic E-state index is 12.3. The minimum Gasteiger partial charge on any atom is -0.354 e. The number of aromatic nitrogens is 1. The molecule has 4 aromatic rings. The molecule has 27 heavy (non-hydrogen) atoms. The van der Waals surface area contributed by atoms with Crippen molar-refractivity contribution in [3.63, 3.8) is 0 Å². The lowest BCUT2D eigenvalue weighted by atomic mass is 9.87.